The van der Waals surface area contributed by atoms with Crippen LogP contribution in [0.4, 0.5) is 5.69 Å². The molecule has 1 aromatic rings. The molecule has 2 unspecified atom stereocenters. The summed E-state index contributed by atoms with van der Waals surface area (Å²) in [5.41, 5.74) is 1.04. The Morgan fingerprint density at radius 2 is 2.40 bits per heavy atom. The highest BCUT2D eigenvalue weighted by atomic mass is 35.5. The van der Waals surface area contributed by atoms with Gasteiger partial charge in [0, 0.05) is 25.0 Å². The fourth-order valence-electron chi connectivity index (χ4n) is 2.01. The van der Waals surface area contributed by atoms with E-state index in [9.17, 15) is 0 Å². The highest BCUT2D eigenvalue weighted by molar-refractivity contribution is 6.29. The molecule has 1 heterocycles. The smallest absolute Gasteiger partial charge is 0.131 e. The molecule has 0 aromatic carbocycles. The van der Waals surface area contributed by atoms with Crippen LogP contribution in [0, 0.1) is 0 Å². The van der Waals surface area contributed by atoms with Crippen LogP contribution in [-0.4, -0.2) is 24.2 Å². The number of ether oxygens (including phenoxy) is 1. The number of nitrogens with zero attached hydrogens (tertiary/aromatic N) is 1. The zero-order valence-electron chi connectivity index (χ0n) is 8.74. The van der Waals surface area contributed by atoms with Crippen LogP contribution in [0.2, 0.25) is 5.15 Å². The van der Waals surface area contributed by atoms with E-state index in [-0.39, 0.29) is 0 Å². The summed E-state index contributed by atoms with van der Waals surface area (Å²) >= 11 is 5.81. The average molecular weight is 227 g/mol. The third-order valence-electron chi connectivity index (χ3n) is 2.82. The van der Waals surface area contributed by atoms with E-state index in [1.54, 1.807) is 13.3 Å². The standard InChI is InChI=1S/C11H15ClN2O/c1-15-10-3-2-8(6-10)14-9-4-5-13-11(12)7-9/h4-5,7-8,10H,2-3,6H2,1H3,(H,13,14). The Kier molecular flexibility index (Phi) is 3.44. The maximum absolute atomic E-state index is 5.81. The summed E-state index contributed by atoms with van der Waals surface area (Å²) in [4.78, 5) is 3.95. The van der Waals surface area contributed by atoms with Crippen LogP contribution in [-0.2, 0) is 4.74 Å². The van der Waals surface area contributed by atoms with Crippen molar-refractivity contribution < 1.29 is 4.74 Å². The van der Waals surface area contributed by atoms with Crippen LogP contribution < -0.4 is 5.32 Å². The van der Waals surface area contributed by atoms with E-state index in [0.717, 1.165) is 24.9 Å². The van der Waals surface area contributed by atoms with Gasteiger partial charge in [0.05, 0.1) is 6.10 Å². The fourth-order valence-corrected chi connectivity index (χ4v) is 2.19. The minimum atomic E-state index is 0.403. The predicted octanol–water partition coefficient (Wildman–Crippen LogP) is 2.71. The first-order valence-corrected chi connectivity index (χ1v) is 5.56. The molecule has 0 amide bonds. The first-order valence-electron chi connectivity index (χ1n) is 5.19. The number of anilines is 1. The van der Waals surface area contributed by atoms with Gasteiger partial charge >= 0.3 is 0 Å². The van der Waals surface area contributed by atoms with Crippen molar-refractivity contribution >= 4 is 17.3 Å². The van der Waals surface area contributed by atoms with E-state index in [4.69, 9.17) is 16.3 Å². The molecule has 0 spiro atoms. The van der Waals surface area contributed by atoms with Gasteiger partial charge in [-0.25, -0.2) is 4.98 Å². The Hall–Kier alpha value is -0.800. The van der Waals surface area contributed by atoms with Gasteiger partial charge in [-0.15, -0.1) is 0 Å². The monoisotopic (exact) mass is 226 g/mol. The molecule has 3 nitrogen and oxygen atoms in total. The van der Waals surface area contributed by atoms with Crippen molar-refractivity contribution in [2.75, 3.05) is 12.4 Å². The summed E-state index contributed by atoms with van der Waals surface area (Å²) < 4.78 is 5.32. The van der Waals surface area contributed by atoms with E-state index in [0.29, 0.717) is 17.3 Å². The first kappa shape index (κ1) is 10.7. The van der Waals surface area contributed by atoms with Crippen LogP contribution in [0.1, 0.15) is 19.3 Å². The number of hydrogen-bond donors (Lipinski definition) is 1. The Balaban J connectivity index is 1.92. The minimum Gasteiger partial charge on any atom is -0.382 e. The van der Waals surface area contributed by atoms with Crippen LogP contribution in [0.3, 0.4) is 0 Å². The number of aromatic nitrogens is 1. The lowest BCUT2D eigenvalue weighted by molar-refractivity contribution is 0.108. The average Bonchev–Trinajstić information content (AvgIpc) is 2.65. The zero-order valence-corrected chi connectivity index (χ0v) is 9.50. The van der Waals surface area contributed by atoms with Crippen molar-refractivity contribution in [3.05, 3.63) is 23.5 Å². The van der Waals surface area contributed by atoms with Crippen molar-refractivity contribution in [2.24, 2.45) is 0 Å². The van der Waals surface area contributed by atoms with Crippen molar-refractivity contribution in [1.82, 2.24) is 4.98 Å². The molecular weight excluding hydrogens is 212 g/mol. The van der Waals surface area contributed by atoms with Crippen LogP contribution in [0.25, 0.3) is 0 Å². The van der Waals surface area contributed by atoms with Gasteiger partial charge in [-0.3, -0.25) is 0 Å². The van der Waals surface area contributed by atoms with Crippen molar-refractivity contribution in [3.63, 3.8) is 0 Å². The van der Waals surface area contributed by atoms with Gasteiger partial charge in [-0.05, 0) is 31.4 Å². The number of nitrogens with one attached hydrogen (secondary N) is 1. The van der Waals surface area contributed by atoms with E-state index < -0.39 is 0 Å². The van der Waals surface area contributed by atoms with E-state index in [1.807, 2.05) is 12.1 Å². The van der Waals surface area contributed by atoms with Crippen LogP contribution in [0.15, 0.2) is 18.3 Å². The molecule has 82 valence electrons. The molecule has 15 heavy (non-hydrogen) atoms. The summed E-state index contributed by atoms with van der Waals surface area (Å²) in [7, 11) is 1.77. The third kappa shape index (κ3) is 2.83. The molecular formula is C11H15ClN2O. The number of pyridine rings is 1. The molecule has 4 heteroatoms. The molecule has 1 fully saturated rings. The molecule has 0 saturated heterocycles. The Morgan fingerprint density at radius 1 is 1.53 bits per heavy atom. The third-order valence-corrected chi connectivity index (χ3v) is 3.02. The lowest BCUT2D eigenvalue weighted by Crippen LogP contribution is -2.17. The van der Waals surface area contributed by atoms with Gasteiger partial charge in [0.15, 0.2) is 0 Å². The van der Waals surface area contributed by atoms with Crippen LogP contribution >= 0.6 is 11.6 Å². The SMILES string of the molecule is COC1CCC(Nc2ccnc(Cl)c2)C1. The summed E-state index contributed by atoms with van der Waals surface area (Å²) in [5.74, 6) is 0. The highest BCUT2D eigenvalue weighted by Gasteiger charge is 2.24. The number of hydrogen-bond acceptors (Lipinski definition) is 3. The molecule has 1 aliphatic carbocycles. The van der Waals surface area contributed by atoms with Crippen molar-refractivity contribution in [2.45, 2.75) is 31.4 Å². The summed E-state index contributed by atoms with van der Waals surface area (Å²) in [6.45, 7) is 0. The Bertz CT molecular complexity index is 332. The summed E-state index contributed by atoms with van der Waals surface area (Å²) in [6.07, 6.45) is 5.47. The molecule has 2 atom stereocenters. The number of halogens is 1. The number of methoxy groups -OCH3 is 1. The quantitative estimate of drug-likeness (QED) is 0.805. The van der Waals surface area contributed by atoms with Gasteiger partial charge in [-0.2, -0.15) is 0 Å². The molecule has 1 N–H and O–H groups in total. The molecule has 0 bridgehead atoms. The van der Waals surface area contributed by atoms with Gasteiger partial charge in [0.2, 0.25) is 0 Å². The second-order valence-electron chi connectivity index (χ2n) is 3.88. The highest BCUT2D eigenvalue weighted by Crippen LogP contribution is 2.25. The van der Waals surface area contributed by atoms with Gasteiger partial charge in [0.1, 0.15) is 5.15 Å². The molecule has 0 aliphatic heterocycles. The second kappa shape index (κ2) is 4.81. The predicted molar refractivity (Wildman–Crippen MR) is 61.3 cm³/mol. The lowest BCUT2D eigenvalue weighted by Gasteiger charge is -2.14. The zero-order chi connectivity index (χ0) is 10.7. The van der Waals surface area contributed by atoms with Gasteiger partial charge in [-0.1, -0.05) is 11.6 Å². The summed E-state index contributed by atoms with van der Waals surface area (Å²) in [6, 6.07) is 4.28. The maximum Gasteiger partial charge on any atom is 0.131 e. The van der Waals surface area contributed by atoms with Crippen LogP contribution in [0.5, 0.6) is 0 Å². The lowest BCUT2D eigenvalue weighted by atomic mass is 10.2. The largest absolute Gasteiger partial charge is 0.382 e. The number of rotatable bonds is 3. The maximum atomic E-state index is 5.81. The molecule has 0 radical (unpaired) electrons. The van der Waals surface area contributed by atoms with E-state index in [2.05, 4.69) is 10.3 Å². The van der Waals surface area contributed by atoms with E-state index >= 15 is 0 Å². The molecule has 1 aromatic heterocycles. The molecule has 1 saturated carbocycles. The Labute approximate surface area is 94.8 Å². The summed E-state index contributed by atoms with van der Waals surface area (Å²) in [5, 5.41) is 3.97. The molecule has 2 rings (SSSR count). The topological polar surface area (TPSA) is 34.1 Å². The second-order valence-corrected chi connectivity index (χ2v) is 4.27. The van der Waals surface area contributed by atoms with Gasteiger partial charge < -0.3 is 10.1 Å². The fraction of sp³-hybridized carbons (Fsp3) is 0.545. The Morgan fingerprint density at radius 3 is 3.07 bits per heavy atom. The minimum absolute atomic E-state index is 0.403. The first-order chi connectivity index (χ1) is 7.28. The van der Waals surface area contributed by atoms with Gasteiger partial charge in [0.25, 0.3) is 0 Å². The van der Waals surface area contributed by atoms with Crippen molar-refractivity contribution in [1.29, 1.82) is 0 Å². The van der Waals surface area contributed by atoms with E-state index in [1.165, 1.54) is 0 Å². The normalized spacial score (nSPS) is 25.5. The molecule has 1 aliphatic rings. The van der Waals surface area contributed by atoms with Crippen molar-refractivity contribution in [3.8, 4) is 0 Å².